The molecule has 0 saturated heterocycles. The van der Waals surface area contributed by atoms with E-state index in [2.05, 4.69) is 67.0 Å². The highest BCUT2D eigenvalue weighted by molar-refractivity contribution is 7.47. The molecule has 0 spiro atoms. The number of aliphatic hydroxyl groups excluding tert-OH is 2. The van der Waals surface area contributed by atoms with Crippen LogP contribution in [0.2, 0.25) is 0 Å². The van der Waals surface area contributed by atoms with E-state index in [4.69, 9.17) is 19.1 Å². The first-order valence-corrected chi connectivity index (χ1v) is 20.1. The van der Waals surface area contributed by atoms with Crippen molar-refractivity contribution >= 4 is 19.8 Å². The number of ether oxygens (including phenoxy) is 2. The predicted octanol–water partition coefficient (Wildman–Crippen LogP) is 8.99. The summed E-state index contributed by atoms with van der Waals surface area (Å²) in [5.74, 6) is -0.978. The van der Waals surface area contributed by atoms with Gasteiger partial charge in [0.05, 0.1) is 19.8 Å². The summed E-state index contributed by atoms with van der Waals surface area (Å²) >= 11 is 0. The smallest absolute Gasteiger partial charge is 0.462 e. The van der Waals surface area contributed by atoms with E-state index >= 15 is 0 Å². The molecule has 0 rings (SSSR count). The van der Waals surface area contributed by atoms with Gasteiger partial charge in [-0.25, -0.2) is 4.57 Å². The quantitative estimate of drug-likeness (QED) is 0.0255. The van der Waals surface area contributed by atoms with Gasteiger partial charge in [-0.2, -0.15) is 0 Å². The lowest BCUT2D eigenvalue weighted by molar-refractivity contribution is -0.161. The van der Waals surface area contributed by atoms with Crippen LogP contribution in [0.25, 0.3) is 0 Å². The molecule has 0 aliphatic carbocycles. The maximum atomic E-state index is 12.5. The Morgan fingerprint density at radius 2 is 1.12 bits per heavy atom. The molecule has 10 nitrogen and oxygen atoms in total. The van der Waals surface area contributed by atoms with Gasteiger partial charge in [0.2, 0.25) is 0 Å². The number of carbonyl (C=O) groups excluding carboxylic acids is 2. The summed E-state index contributed by atoms with van der Waals surface area (Å²) in [6, 6.07) is 0. The average Bonchev–Trinajstić information content (AvgIpc) is 3.09. The number of hydrogen-bond acceptors (Lipinski definition) is 9. The number of esters is 2. The van der Waals surface area contributed by atoms with Crippen LogP contribution in [0.5, 0.6) is 0 Å². The molecule has 0 aliphatic heterocycles. The molecule has 284 valence electrons. The van der Waals surface area contributed by atoms with Crippen LogP contribution in [0.15, 0.2) is 48.6 Å². The number of aliphatic hydroxyl groups is 2. The van der Waals surface area contributed by atoms with E-state index in [0.29, 0.717) is 12.8 Å². The Morgan fingerprint density at radius 1 is 0.633 bits per heavy atom. The highest BCUT2D eigenvalue weighted by Gasteiger charge is 2.27. The van der Waals surface area contributed by atoms with Crippen molar-refractivity contribution in [1.82, 2.24) is 0 Å². The molecule has 3 atom stereocenters. The van der Waals surface area contributed by atoms with Crippen LogP contribution in [0.4, 0.5) is 0 Å². The number of phosphoric acid groups is 1. The molecule has 0 amide bonds. The van der Waals surface area contributed by atoms with Gasteiger partial charge in [0.15, 0.2) is 6.10 Å². The molecule has 0 radical (unpaired) electrons. The van der Waals surface area contributed by atoms with Crippen LogP contribution in [0, 0.1) is 0 Å². The van der Waals surface area contributed by atoms with Crippen molar-refractivity contribution in [3.63, 3.8) is 0 Å². The van der Waals surface area contributed by atoms with Gasteiger partial charge in [0, 0.05) is 12.8 Å². The van der Waals surface area contributed by atoms with Gasteiger partial charge >= 0.3 is 19.8 Å². The third-order valence-corrected chi connectivity index (χ3v) is 8.45. The van der Waals surface area contributed by atoms with Crippen LogP contribution in [0.3, 0.4) is 0 Å². The largest absolute Gasteiger partial charge is 0.472 e. The summed E-state index contributed by atoms with van der Waals surface area (Å²) in [6.07, 6.45) is 33.7. The first-order valence-electron chi connectivity index (χ1n) is 18.6. The molecule has 0 aromatic rings. The van der Waals surface area contributed by atoms with Crippen LogP contribution in [-0.4, -0.2) is 65.7 Å². The number of unbranched alkanes of at least 4 members (excludes halogenated alkanes) is 12. The van der Waals surface area contributed by atoms with E-state index in [1.165, 1.54) is 44.9 Å². The molecule has 3 N–H and O–H groups in total. The first-order chi connectivity index (χ1) is 23.7. The van der Waals surface area contributed by atoms with Gasteiger partial charge in [-0.3, -0.25) is 18.6 Å². The molecule has 0 aliphatic rings. The van der Waals surface area contributed by atoms with E-state index in [9.17, 15) is 24.2 Å². The molecule has 0 aromatic carbocycles. The second kappa shape index (κ2) is 34.4. The van der Waals surface area contributed by atoms with E-state index < -0.39 is 51.8 Å². The Bertz CT molecular complexity index is 962. The zero-order valence-corrected chi connectivity index (χ0v) is 31.3. The fraction of sp³-hybridized carbons (Fsp3) is 0.737. The third-order valence-electron chi connectivity index (χ3n) is 7.50. The maximum Gasteiger partial charge on any atom is 0.472 e. The number of rotatable bonds is 34. The number of carbonyl (C=O) groups is 2. The standard InChI is InChI=1S/C38H67O10P/c1-3-5-7-9-11-13-15-16-17-18-20-21-23-25-27-29-37(41)45-33-36(34-47-49(43,44)46-32-35(40)31-39)48-38(42)30-28-26-24-22-19-14-12-10-8-6-4-2/h5,7,11,13,16-17,20-21,35-36,39-40H,3-4,6,8-10,12,14-15,18-19,22-34H2,1-2H3,(H,43,44)/b7-5+,13-11+,17-16+,21-20+/t35-,36+/m0/s1. The van der Waals surface area contributed by atoms with Gasteiger partial charge in [-0.1, -0.05) is 127 Å². The number of phosphoric ester groups is 1. The van der Waals surface area contributed by atoms with E-state index in [1.54, 1.807) is 0 Å². The molecule has 0 saturated carbocycles. The minimum atomic E-state index is -4.62. The number of allylic oxidation sites excluding steroid dienone is 8. The summed E-state index contributed by atoms with van der Waals surface area (Å²) in [4.78, 5) is 34.7. The van der Waals surface area contributed by atoms with Gasteiger partial charge in [0.25, 0.3) is 0 Å². The lowest BCUT2D eigenvalue weighted by Gasteiger charge is -2.20. The average molecular weight is 715 g/mol. The van der Waals surface area contributed by atoms with Crippen molar-refractivity contribution in [1.29, 1.82) is 0 Å². The molecule has 0 aromatic heterocycles. The SMILES string of the molecule is CC/C=C/C/C=C/C/C=C/C/C=C/CCCCC(=O)OC[C@H](COP(=O)(O)OC[C@@H](O)CO)OC(=O)CCCCCCCCCCCCC. The molecular weight excluding hydrogens is 647 g/mol. The second-order valence-electron chi connectivity index (χ2n) is 12.2. The fourth-order valence-electron chi connectivity index (χ4n) is 4.63. The molecule has 0 bridgehead atoms. The Labute approximate surface area is 296 Å². The second-order valence-corrected chi connectivity index (χ2v) is 13.7. The Balaban J connectivity index is 4.45. The van der Waals surface area contributed by atoms with Crippen molar-refractivity contribution in [3.8, 4) is 0 Å². The van der Waals surface area contributed by atoms with Crippen LogP contribution >= 0.6 is 7.82 Å². The van der Waals surface area contributed by atoms with E-state index in [0.717, 1.165) is 57.8 Å². The van der Waals surface area contributed by atoms with Crippen molar-refractivity contribution in [2.24, 2.45) is 0 Å². The predicted molar refractivity (Wildman–Crippen MR) is 196 cm³/mol. The van der Waals surface area contributed by atoms with Crippen molar-refractivity contribution in [3.05, 3.63) is 48.6 Å². The zero-order valence-electron chi connectivity index (χ0n) is 30.4. The summed E-state index contributed by atoms with van der Waals surface area (Å²) in [5.41, 5.74) is 0. The molecule has 11 heteroatoms. The van der Waals surface area contributed by atoms with Gasteiger partial charge in [-0.05, 0) is 51.4 Å². The summed E-state index contributed by atoms with van der Waals surface area (Å²) in [5, 5.41) is 18.2. The van der Waals surface area contributed by atoms with E-state index in [1.807, 2.05) is 0 Å². The van der Waals surface area contributed by atoms with Crippen molar-refractivity contribution in [2.75, 3.05) is 26.4 Å². The first kappa shape index (κ1) is 46.9. The maximum absolute atomic E-state index is 12.5. The number of hydrogen-bond donors (Lipinski definition) is 3. The topological polar surface area (TPSA) is 149 Å². The molecular formula is C38H67O10P. The monoisotopic (exact) mass is 714 g/mol. The van der Waals surface area contributed by atoms with E-state index in [-0.39, 0.29) is 19.4 Å². The molecule has 1 unspecified atom stereocenters. The Kier molecular flexibility index (Phi) is 32.9. The third kappa shape index (κ3) is 34.2. The van der Waals surface area contributed by atoms with Crippen LogP contribution in [-0.2, 0) is 32.7 Å². The van der Waals surface area contributed by atoms with Crippen LogP contribution in [0.1, 0.15) is 142 Å². The minimum Gasteiger partial charge on any atom is -0.462 e. The highest BCUT2D eigenvalue weighted by atomic mass is 31.2. The van der Waals surface area contributed by atoms with Gasteiger partial charge < -0.3 is 24.6 Å². The van der Waals surface area contributed by atoms with Gasteiger partial charge in [-0.15, -0.1) is 0 Å². The molecule has 0 heterocycles. The Hall–Kier alpha value is -2.07. The van der Waals surface area contributed by atoms with Crippen molar-refractivity contribution in [2.45, 2.75) is 154 Å². The summed E-state index contributed by atoms with van der Waals surface area (Å²) in [6.45, 7) is 2.18. The lowest BCUT2D eigenvalue weighted by atomic mass is 10.1. The molecule has 49 heavy (non-hydrogen) atoms. The van der Waals surface area contributed by atoms with Crippen LogP contribution < -0.4 is 0 Å². The highest BCUT2D eigenvalue weighted by Crippen LogP contribution is 2.43. The zero-order chi connectivity index (χ0) is 36.3. The summed E-state index contributed by atoms with van der Waals surface area (Å²) in [7, 11) is -4.62. The Morgan fingerprint density at radius 3 is 1.69 bits per heavy atom. The molecule has 0 fully saturated rings. The minimum absolute atomic E-state index is 0.175. The van der Waals surface area contributed by atoms with Crippen molar-refractivity contribution < 1.29 is 47.8 Å². The van der Waals surface area contributed by atoms with Gasteiger partial charge in [0.1, 0.15) is 12.7 Å². The lowest BCUT2D eigenvalue weighted by Crippen LogP contribution is -2.29. The fourth-order valence-corrected chi connectivity index (χ4v) is 5.42. The summed E-state index contributed by atoms with van der Waals surface area (Å²) < 4.78 is 32.5. The normalized spacial score (nSPS) is 14.6.